The van der Waals surface area contributed by atoms with Crippen LogP contribution in [0, 0.1) is 18.3 Å². The number of para-hydroxylation sites is 1. The van der Waals surface area contributed by atoms with Crippen LogP contribution in [0.3, 0.4) is 0 Å². The quantitative estimate of drug-likeness (QED) is 0.357. The maximum atomic E-state index is 12.7. The Morgan fingerprint density at radius 2 is 1.80 bits per heavy atom. The predicted molar refractivity (Wildman–Crippen MR) is 121 cm³/mol. The van der Waals surface area contributed by atoms with Crippen LogP contribution >= 0.6 is 23.2 Å². The molecule has 1 N–H and O–H groups in total. The number of benzene rings is 3. The van der Waals surface area contributed by atoms with Crippen LogP contribution < -0.4 is 10.1 Å². The van der Waals surface area contributed by atoms with Crippen LogP contribution in [0.5, 0.6) is 5.75 Å². The summed E-state index contributed by atoms with van der Waals surface area (Å²) in [5.74, 6) is -0.182. The SMILES string of the molecule is Cc1ccccc1NC(=O)/C(C#N)=C/c1cc(Cl)cc(Cl)c1OCc1ccccc1. The van der Waals surface area contributed by atoms with E-state index in [1.54, 1.807) is 18.2 Å². The lowest BCUT2D eigenvalue weighted by Crippen LogP contribution is -2.14. The molecule has 0 bridgehead atoms. The molecule has 1 amide bonds. The Morgan fingerprint density at radius 1 is 1.10 bits per heavy atom. The summed E-state index contributed by atoms with van der Waals surface area (Å²) in [5.41, 5.74) is 2.83. The molecule has 0 unspecified atom stereocenters. The van der Waals surface area contributed by atoms with Crippen molar-refractivity contribution in [2.75, 3.05) is 5.32 Å². The molecule has 0 saturated carbocycles. The Morgan fingerprint density at radius 3 is 2.50 bits per heavy atom. The first kappa shape index (κ1) is 21.4. The molecule has 0 radical (unpaired) electrons. The van der Waals surface area contributed by atoms with Gasteiger partial charge in [-0.1, -0.05) is 71.7 Å². The van der Waals surface area contributed by atoms with Crippen molar-refractivity contribution in [3.8, 4) is 11.8 Å². The van der Waals surface area contributed by atoms with Crippen molar-refractivity contribution >= 4 is 40.9 Å². The number of anilines is 1. The van der Waals surface area contributed by atoms with E-state index in [9.17, 15) is 10.1 Å². The summed E-state index contributed by atoms with van der Waals surface area (Å²) in [6.45, 7) is 2.15. The molecule has 0 saturated heterocycles. The minimum absolute atomic E-state index is 0.0962. The van der Waals surface area contributed by atoms with E-state index in [1.165, 1.54) is 6.08 Å². The van der Waals surface area contributed by atoms with Gasteiger partial charge >= 0.3 is 0 Å². The molecule has 0 atom stereocenters. The topological polar surface area (TPSA) is 62.1 Å². The minimum Gasteiger partial charge on any atom is -0.487 e. The summed E-state index contributed by atoms with van der Waals surface area (Å²) in [6, 6.07) is 22.0. The normalized spacial score (nSPS) is 10.9. The van der Waals surface area contributed by atoms with Crippen molar-refractivity contribution in [1.29, 1.82) is 5.26 Å². The number of nitrogens with zero attached hydrogens (tertiary/aromatic N) is 1. The molecule has 3 aromatic carbocycles. The van der Waals surface area contributed by atoms with Crippen LogP contribution in [0.2, 0.25) is 10.0 Å². The van der Waals surface area contributed by atoms with Crippen LogP contribution in [0.15, 0.2) is 72.3 Å². The highest BCUT2D eigenvalue weighted by Gasteiger charge is 2.15. The monoisotopic (exact) mass is 436 g/mol. The third-order valence-electron chi connectivity index (χ3n) is 4.32. The number of amides is 1. The minimum atomic E-state index is -0.531. The Hall–Kier alpha value is -3.26. The molecular formula is C24H18Cl2N2O2. The molecule has 4 nitrogen and oxygen atoms in total. The summed E-state index contributed by atoms with van der Waals surface area (Å²) < 4.78 is 5.90. The van der Waals surface area contributed by atoms with Gasteiger partial charge < -0.3 is 10.1 Å². The molecule has 0 aliphatic rings. The second kappa shape index (κ2) is 9.98. The molecule has 0 fully saturated rings. The van der Waals surface area contributed by atoms with Crippen LogP contribution in [-0.2, 0) is 11.4 Å². The zero-order valence-corrected chi connectivity index (χ0v) is 17.7. The molecular weight excluding hydrogens is 419 g/mol. The summed E-state index contributed by atoms with van der Waals surface area (Å²) in [4.78, 5) is 12.7. The van der Waals surface area contributed by atoms with Crippen LogP contribution in [0.25, 0.3) is 6.08 Å². The van der Waals surface area contributed by atoms with Crippen LogP contribution in [0.1, 0.15) is 16.7 Å². The third kappa shape index (κ3) is 5.42. The summed E-state index contributed by atoms with van der Waals surface area (Å²) >= 11 is 12.5. The fourth-order valence-corrected chi connectivity index (χ4v) is 3.34. The average Bonchev–Trinajstić information content (AvgIpc) is 2.73. The third-order valence-corrected chi connectivity index (χ3v) is 4.82. The first-order valence-electron chi connectivity index (χ1n) is 9.12. The molecule has 150 valence electrons. The molecule has 3 rings (SSSR count). The highest BCUT2D eigenvalue weighted by molar-refractivity contribution is 6.36. The maximum Gasteiger partial charge on any atom is 0.266 e. The van der Waals surface area contributed by atoms with Crippen molar-refractivity contribution in [3.63, 3.8) is 0 Å². The Kier molecular flexibility index (Phi) is 7.13. The standard InChI is InChI=1S/C24H18Cl2N2O2/c1-16-7-5-6-10-22(16)28-24(29)19(14-27)11-18-12-20(25)13-21(26)23(18)30-15-17-8-3-2-4-9-17/h2-13H,15H2,1H3,(H,28,29)/b19-11+. The zero-order valence-electron chi connectivity index (χ0n) is 16.2. The van der Waals surface area contributed by atoms with Crippen molar-refractivity contribution in [3.05, 3.63) is 99.0 Å². The molecule has 3 aromatic rings. The summed E-state index contributed by atoms with van der Waals surface area (Å²) in [6.07, 6.45) is 1.42. The number of hydrogen-bond acceptors (Lipinski definition) is 3. The van der Waals surface area contributed by atoms with Gasteiger partial charge in [-0.25, -0.2) is 0 Å². The summed E-state index contributed by atoms with van der Waals surface area (Å²) in [7, 11) is 0. The van der Waals surface area contributed by atoms with Gasteiger partial charge in [-0.3, -0.25) is 4.79 Å². The lowest BCUT2D eigenvalue weighted by Gasteiger charge is -2.13. The second-order valence-corrected chi connectivity index (χ2v) is 7.36. The number of rotatable bonds is 6. The van der Waals surface area contributed by atoms with Gasteiger partial charge in [-0.15, -0.1) is 0 Å². The van der Waals surface area contributed by atoms with Gasteiger partial charge in [-0.2, -0.15) is 5.26 Å². The fourth-order valence-electron chi connectivity index (χ4n) is 2.78. The van der Waals surface area contributed by atoms with Crippen molar-refractivity contribution in [1.82, 2.24) is 0 Å². The molecule has 0 heterocycles. The first-order chi connectivity index (χ1) is 14.5. The largest absolute Gasteiger partial charge is 0.487 e. The van der Waals surface area contributed by atoms with Crippen LogP contribution in [0.4, 0.5) is 5.69 Å². The lowest BCUT2D eigenvalue weighted by molar-refractivity contribution is -0.112. The fraction of sp³-hybridized carbons (Fsp3) is 0.0833. The Labute approximate surface area is 185 Å². The Balaban J connectivity index is 1.90. The van der Waals surface area contributed by atoms with Crippen molar-refractivity contribution < 1.29 is 9.53 Å². The number of halogens is 2. The van der Waals surface area contributed by atoms with E-state index < -0.39 is 5.91 Å². The van der Waals surface area contributed by atoms with E-state index in [4.69, 9.17) is 27.9 Å². The highest BCUT2D eigenvalue weighted by Crippen LogP contribution is 2.34. The predicted octanol–water partition coefficient (Wildman–Crippen LogP) is 6.43. The van der Waals surface area contributed by atoms with Gasteiger partial charge in [0.15, 0.2) is 0 Å². The molecule has 0 aliphatic heterocycles. The van der Waals surface area contributed by atoms with E-state index in [2.05, 4.69) is 5.32 Å². The number of ether oxygens (including phenoxy) is 1. The van der Waals surface area contributed by atoms with Gasteiger partial charge in [0.2, 0.25) is 0 Å². The molecule has 30 heavy (non-hydrogen) atoms. The first-order valence-corrected chi connectivity index (χ1v) is 9.88. The van der Waals surface area contributed by atoms with Crippen molar-refractivity contribution in [2.24, 2.45) is 0 Å². The van der Waals surface area contributed by atoms with Gasteiger partial charge in [0.1, 0.15) is 24.0 Å². The highest BCUT2D eigenvalue weighted by atomic mass is 35.5. The zero-order chi connectivity index (χ0) is 21.5. The average molecular weight is 437 g/mol. The van der Waals surface area contributed by atoms with E-state index in [-0.39, 0.29) is 12.2 Å². The van der Waals surface area contributed by atoms with E-state index in [0.717, 1.165) is 11.1 Å². The van der Waals surface area contributed by atoms with Crippen molar-refractivity contribution in [2.45, 2.75) is 13.5 Å². The van der Waals surface area contributed by atoms with Gasteiger partial charge in [-0.05, 0) is 42.3 Å². The molecule has 0 aromatic heterocycles. The number of hydrogen-bond donors (Lipinski definition) is 1. The van der Waals surface area contributed by atoms with Gasteiger partial charge in [0.05, 0.1) is 5.02 Å². The number of carbonyl (C=O) groups excluding carboxylic acids is 1. The van der Waals surface area contributed by atoms with E-state index >= 15 is 0 Å². The number of aryl methyl sites for hydroxylation is 1. The second-order valence-electron chi connectivity index (χ2n) is 6.52. The molecule has 6 heteroatoms. The lowest BCUT2D eigenvalue weighted by atomic mass is 10.1. The van der Waals surface area contributed by atoms with Crippen LogP contribution in [-0.4, -0.2) is 5.91 Å². The molecule has 0 spiro atoms. The smallest absolute Gasteiger partial charge is 0.266 e. The number of nitriles is 1. The Bertz CT molecular complexity index is 1140. The molecule has 0 aliphatic carbocycles. The maximum absolute atomic E-state index is 12.7. The number of nitrogens with one attached hydrogen (secondary N) is 1. The summed E-state index contributed by atoms with van der Waals surface area (Å²) in [5, 5.41) is 13.0. The number of carbonyl (C=O) groups is 1. The van der Waals surface area contributed by atoms with E-state index in [0.29, 0.717) is 27.0 Å². The van der Waals surface area contributed by atoms with Gasteiger partial charge in [0.25, 0.3) is 5.91 Å². The van der Waals surface area contributed by atoms with E-state index in [1.807, 2.05) is 61.5 Å². The van der Waals surface area contributed by atoms with Gasteiger partial charge in [0, 0.05) is 16.3 Å².